The molecule has 0 atom stereocenters. The largest absolute Gasteiger partial charge is 0.278 e. The third-order valence-electron chi connectivity index (χ3n) is 0.384. The van der Waals surface area contributed by atoms with Crippen molar-refractivity contribution in [1.29, 1.82) is 0 Å². The minimum atomic E-state index is -1.91. The SMILES string of the molecule is O=NC(Cl)(Cl)C(Cl)Cl. The van der Waals surface area contributed by atoms with E-state index in [9.17, 15) is 4.91 Å². The van der Waals surface area contributed by atoms with Crippen molar-refractivity contribution in [3.63, 3.8) is 0 Å². The smallest absolute Gasteiger partial charge is 0.147 e. The van der Waals surface area contributed by atoms with Gasteiger partial charge in [0.15, 0.2) is 4.84 Å². The number of halogens is 4. The van der Waals surface area contributed by atoms with E-state index in [1.54, 1.807) is 0 Å². The Hall–Kier alpha value is 0.760. The number of alkyl halides is 4. The molecule has 8 heavy (non-hydrogen) atoms. The van der Waals surface area contributed by atoms with Crippen LogP contribution in [-0.4, -0.2) is 9.29 Å². The first-order valence-corrected chi connectivity index (χ1v) is 3.14. The zero-order valence-corrected chi connectivity index (χ0v) is 6.47. The molecule has 0 aromatic carbocycles. The molecule has 0 unspecified atom stereocenters. The van der Waals surface area contributed by atoms with Crippen molar-refractivity contribution in [2.45, 2.75) is 9.29 Å². The lowest BCUT2D eigenvalue weighted by Crippen LogP contribution is -2.17. The third kappa shape index (κ3) is 2.35. The van der Waals surface area contributed by atoms with E-state index in [1.807, 2.05) is 0 Å². The van der Waals surface area contributed by atoms with E-state index < -0.39 is 9.29 Å². The molecule has 0 spiro atoms. The summed E-state index contributed by atoms with van der Waals surface area (Å²) in [7, 11) is 0. The highest BCUT2D eigenvalue weighted by Crippen LogP contribution is 2.32. The zero-order valence-electron chi connectivity index (χ0n) is 3.44. The lowest BCUT2D eigenvalue weighted by atomic mass is 10.8. The van der Waals surface area contributed by atoms with Gasteiger partial charge in [-0.1, -0.05) is 46.4 Å². The summed E-state index contributed by atoms with van der Waals surface area (Å²) in [5, 5.41) is 2.24. The molecule has 0 saturated heterocycles. The lowest BCUT2D eigenvalue weighted by molar-refractivity contribution is 0.888. The van der Waals surface area contributed by atoms with E-state index in [1.165, 1.54) is 0 Å². The molecule has 0 fully saturated rings. The Morgan fingerprint density at radius 1 is 1.38 bits per heavy atom. The Labute approximate surface area is 66.0 Å². The fraction of sp³-hybridized carbons (Fsp3) is 1.00. The molecule has 0 aliphatic carbocycles. The minimum absolute atomic E-state index is 1.19. The second-order valence-electron chi connectivity index (χ2n) is 0.980. The molecular formula is C2HCl4NO. The summed E-state index contributed by atoms with van der Waals surface area (Å²) in [6, 6.07) is 0. The number of hydrogen-bond donors (Lipinski definition) is 0. The molecule has 0 saturated carbocycles. The van der Waals surface area contributed by atoms with Crippen LogP contribution in [-0.2, 0) is 0 Å². The molecule has 0 heterocycles. The van der Waals surface area contributed by atoms with Crippen molar-refractivity contribution in [2.24, 2.45) is 5.18 Å². The molecule has 0 rings (SSSR count). The molecule has 0 aromatic rings. The highest BCUT2D eigenvalue weighted by molar-refractivity contribution is 6.59. The van der Waals surface area contributed by atoms with Crippen LogP contribution < -0.4 is 0 Å². The molecule has 0 bridgehead atoms. The number of nitrogens with zero attached hydrogens (tertiary/aromatic N) is 1. The maximum absolute atomic E-state index is 9.59. The maximum atomic E-state index is 9.59. The van der Waals surface area contributed by atoms with Crippen molar-refractivity contribution in [3.8, 4) is 0 Å². The highest BCUT2D eigenvalue weighted by atomic mass is 35.5. The van der Waals surface area contributed by atoms with Gasteiger partial charge in [0.2, 0.25) is 0 Å². The third-order valence-corrected chi connectivity index (χ3v) is 2.04. The average Bonchev–Trinajstić information content (AvgIpc) is 1.67. The number of rotatable bonds is 2. The molecule has 0 N–H and O–H groups in total. The van der Waals surface area contributed by atoms with Gasteiger partial charge in [0.1, 0.15) is 0 Å². The number of nitroso groups, excluding NO2 is 1. The van der Waals surface area contributed by atoms with Crippen molar-refractivity contribution in [1.82, 2.24) is 0 Å². The first-order chi connectivity index (χ1) is 3.50. The van der Waals surface area contributed by atoms with Gasteiger partial charge in [0.05, 0.1) is 0 Å². The highest BCUT2D eigenvalue weighted by Gasteiger charge is 2.33. The van der Waals surface area contributed by atoms with E-state index >= 15 is 0 Å². The van der Waals surface area contributed by atoms with Crippen LogP contribution in [0.15, 0.2) is 5.18 Å². The molecule has 0 amide bonds. The van der Waals surface area contributed by atoms with Crippen molar-refractivity contribution >= 4 is 46.4 Å². The first-order valence-electron chi connectivity index (χ1n) is 1.51. The zero-order chi connectivity index (χ0) is 6.78. The fourth-order valence-corrected chi connectivity index (χ4v) is 0.120. The molecule has 0 aliphatic rings. The summed E-state index contributed by atoms with van der Waals surface area (Å²) in [4.78, 5) is 8.39. The Morgan fingerprint density at radius 2 is 1.75 bits per heavy atom. The van der Waals surface area contributed by atoms with Crippen LogP contribution in [0.2, 0.25) is 0 Å². The van der Waals surface area contributed by atoms with Crippen molar-refractivity contribution in [3.05, 3.63) is 4.91 Å². The van der Waals surface area contributed by atoms with Gasteiger partial charge in [0.25, 0.3) is 4.46 Å². The quantitative estimate of drug-likeness (QED) is 0.380. The molecule has 6 heteroatoms. The van der Waals surface area contributed by atoms with E-state index in [2.05, 4.69) is 5.18 Å². The summed E-state index contributed by atoms with van der Waals surface area (Å²) in [5.41, 5.74) is 0. The van der Waals surface area contributed by atoms with Gasteiger partial charge in [-0.25, -0.2) is 0 Å². The second kappa shape index (κ2) is 3.06. The standard InChI is InChI=1S/C2HCl4NO/c3-1(4)2(5,6)7-8/h1H. The van der Waals surface area contributed by atoms with Crippen LogP contribution in [0.4, 0.5) is 0 Å². The summed E-state index contributed by atoms with van der Waals surface area (Å²) >= 11 is 20.3. The van der Waals surface area contributed by atoms with Gasteiger partial charge in [-0.3, -0.25) is 0 Å². The van der Waals surface area contributed by atoms with Crippen LogP contribution in [0, 0.1) is 4.91 Å². The van der Waals surface area contributed by atoms with Gasteiger partial charge in [0, 0.05) is 0 Å². The van der Waals surface area contributed by atoms with Crippen molar-refractivity contribution in [2.75, 3.05) is 0 Å². The molecule has 48 valence electrons. The van der Waals surface area contributed by atoms with Crippen LogP contribution in [0.25, 0.3) is 0 Å². The Morgan fingerprint density at radius 3 is 1.75 bits per heavy atom. The second-order valence-corrected chi connectivity index (χ2v) is 3.42. The van der Waals surface area contributed by atoms with E-state index in [4.69, 9.17) is 46.4 Å². The fourth-order valence-electron chi connectivity index (χ4n) is 0.0398. The molecule has 0 aliphatic heterocycles. The van der Waals surface area contributed by atoms with Crippen LogP contribution in [0.1, 0.15) is 0 Å². The van der Waals surface area contributed by atoms with Crippen LogP contribution in [0.5, 0.6) is 0 Å². The predicted octanol–water partition coefficient (Wildman–Crippen LogP) is 2.69. The van der Waals surface area contributed by atoms with E-state index in [0.29, 0.717) is 0 Å². The first kappa shape index (κ1) is 8.76. The topological polar surface area (TPSA) is 29.4 Å². The van der Waals surface area contributed by atoms with E-state index in [0.717, 1.165) is 0 Å². The Kier molecular flexibility index (Phi) is 3.35. The lowest BCUT2D eigenvalue weighted by Gasteiger charge is -2.08. The Balaban J connectivity index is 3.90. The number of hydrogen-bond acceptors (Lipinski definition) is 2. The molecule has 0 radical (unpaired) electrons. The van der Waals surface area contributed by atoms with Gasteiger partial charge >= 0.3 is 0 Å². The minimum Gasteiger partial charge on any atom is -0.147 e. The van der Waals surface area contributed by atoms with Crippen LogP contribution >= 0.6 is 46.4 Å². The summed E-state index contributed by atoms with van der Waals surface area (Å²) in [6.45, 7) is 0. The molecule has 0 aromatic heterocycles. The average molecular weight is 197 g/mol. The maximum Gasteiger partial charge on any atom is 0.278 e. The van der Waals surface area contributed by atoms with Gasteiger partial charge < -0.3 is 0 Å². The van der Waals surface area contributed by atoms with Gasteiger partial charge in [-0.15, -0.1) is 4.91 Å². The summed E-state index contributed by atoms with van der Waals surface area (Å²) < 4.78 is -1.91. The van der Waals surface area contributed by atoms with E-state index in [-0.39, 0.29) is 0 Å². The van der Waals surface area contributed by atoms with Gasteiger partial charge in [-0.2, -0.15) is 0 Å². The summed E-state index contributed by atoms with van der Waals surface area (Å²) in [5.74, 6) is 0. The van der Waals surface area contributed by atoms with Crippen LogP contribution in [0.3, 0.4) is 0 Å². The van der Waals surface area contributed by atoms with Gasteiger partial charge in [-0.05, 0) is 5.18 Å². The van der Waals surface area contributed by atoms with Crippen molar-refractivity contribution < 1.29 is 0 Å². The Bertz CT molecular complexity index is 92.0. The molecule has 2 nitrogen and oxygen atoms in total. The normalized spacial score (nSPS) is 12.1. The molecular weight excluding hydrogens is 196 g/mol. The summed E-state index contributed by atoms with van der Waals surface area (Å²) in [6.07, 6.45) is 0. The monoisotopic (exact) mass is 195 g/mol. The predicted molar refractivity (Wildman–Crippen MR) is 35.7 cm³/mol.